The lowest BCUT2D eigenvalue weighted by atomic mass is 10.1. The number of carbonyl (C=O) groups excluding carboxylic acids is 1. The second kappa shape index (κ2) is 8.24. The number of rotatable bonds is 6. The average molecular weight is 402 g/mol. The van der Waals surface area contributed by atoms with Gasteiger partial charge in [-0.3, -0.25) is 4.79 Å². The van der Waals surface area contributed by atoms with Gasteiger partial charge in [-0.05, 0) is 41.0 Å². The van der Waals surface area contributed by atoms with Gasteiger partial charge in [-0.1, -0.05) is 48.5 Å². The van der Waals surface area contributed by atoms with E-state index in [1.165, 1.54) is 23.5 Å². The third-order valence-corrected chi connectivity index (χ3v) is 5.58. The maximum absolute atomic E-state index is 12.3. The summed E-state index contributed by atoms with van der Waals surface area (Å²) in [7, 11) is 0. The lowest BCUT2D eigenvalue weighted by Gasteiger charge is -2.04. The number of hydrogen-bond donors (Lipinski definition) is 2. The zero-order valence-electron chi connectivity index (χ0n) is 15.5. The van der Waals surface area contributed by atoms with Gasteiger partial charge in [0, 0.05) is 6.54 Å². The quantitative estimate of drug-likeness (QED) is 0.497. The smallest absolute Gasteiger partial charge is 0.335 e. The zero-order chi connectivity index (χ0) is 20.2. The number of carboxylic acid groups (broad SMARTS) is 1. The Hall–Kier alpha value is -3.51. The molecule has 29 heavy (non-hydrogen) atoms. The Labute approximate surface area is 171 Å². The molecule has 0 saturated carbocycles. The number of carbonyl (C=O) groups is 2. The highest BCUT2D eigenvalue weighted by molar-refractivity contribution is 7.18. The van der Waals surface area contributed by atoms with E-state index < -0.39 is 5.97 Å². The number of nitrogens with one attached hydrogen (secondary N) is 1. The molecule has 0 atom stereocenters. The second-order valence-corrected chi connectivity index (χ2v) is 7.73. The first-order valence-electron chi connectivity index (χ1n) is 9.12. The zero-order valence-corrected chi connectivity index (χ0v) is 16.3. The van der Waals surface area contributed by atoms with Crippen molar-refractivity contribution in [3.8, 4) is 11.1 Å². The molecule has 0 fully saturated rings. The fourth-order valence-electron chi connectivity index (χ4n) is 3.03. The number of benzene rings is 3. The molecule has 1 heterocycles. The average Bonchev–Trinajstić information content (AvgIpc) is 3.14. The monoisotopic (exact) mass is 402 g/mol. The molecule has 6 heteroatoms. The van der Waals surface area contributed by atoms with Crippen LogP contribution in [0.25, 0.3) is 21.3 Å². The molecular formula is C23H18N2O3S. The van der Waals surface area contributed by atoms with Crippen LogP contribution >= 0.6 is 11.3 Å². The molecule has 3 aromatic carbocycles. The predicted octanol–water partition coefficient (Wildman–Crippen LogP) is 4.52. The molecule has 1 aromatic heterocycles. The second-order valence-electron chi connectivity index (χ2n) is 6.61. The van der Waals surface area contributed by atoms with Gasteiger partial charge in [0.05, 0.1) is 22.2 Å². The number of aromatic nitrogens is 1. The van der Waals surface area contributed by atoms with Gasteiger partial charge in [-0.2, -0.15) is 0 Å². The van der Waals surface area contributed by atoms with Crippen LogP contribution in [-0.2, 0) is 17.8 Å². The molecule has 5 nitrogen and oxygen atoms in total. The largest absolute Gasteiger partial charge is 0.478 e. The number of aromatic carboxylic acids is 1. The van der Waals surface area contributed by atoms with Crippen LogP contribution < -0.4 is 5.32 Å². The van der Waals surface area contributed by atoms with Gasteiger partial charge in [-0.15, -0.1) is 11.3 Å². The Kier molecular flexibility index (Phi) is 5.35. The number of fused-ring (bicyclic) bond motifs is 1. The summed E-state index contributed by atoms with van der Waals surface area (Å²) >= 11 is 1.52. The van der Waals surface area contributed by atoms with Crippen molar-refractivity contribution in [3.05, 3.63) is 88.9 Å². The van der Waals surface area contributed by atoms with E-state index >= 15 is 0 Å². The minimum Gasteiger partial charge on any atom is -0.478 e. The van der Waals surface area contributed by atoms with Gasteiger partial charge < -0.3 is 10.4 Å². The van der Waals surface area contributed by atoms with Crippen LogP contribution in [0.1, 0.15) is 20.9 Å². The third kappa shape index (κ3) is 4.50. The Morgan fingerprint density at radius 1 is 0.931 bits per heavy atom. The lowest BCUT2D eigenvalue weighted by Crippen LogP contribution is -2.24. The number of hydrogen-bond acceptors (Lipinski definition) is 4. The summed E-state index contributed by atoms with van der Waals surface area (Å²) in [5.41, 5.74) is 4.20. The van der Waals surface area contributed by atoms with Crippen molar-refractivity contribution in [3.63, 3.8) is 0 Å². The van der Waals surface area contributed by atoms with Crippen LogP contribution in [0.4, 0.5) is 0 Å². The lowest BCUT2D eigenvalue weighted by molar-refractivity contribution is -0.120. The van der Waals surface area contributed by atoms with Crippen molar-refractivity contribution in [2.45, 2.75) is 13.0 Å². The maximum Gasteiger partial charge on any atom is 0.335 e. The standard InChI is InChI=1S/C23H18N2O3S/c26-21(24-14-15-6-8-17(9-7-15)23(27)28)13-22-25-19-12-18(10-11-20(19)29-22)16-4-2-1-3-5-16/h1-12H,13-14H2,(H,24,26)(H,27,28). The van der Waals surface area contributed by atoms with E-state index in [0.29, 0.717) is 6.54 Å². The highest BCUT2D eigenvalue weighted by atomic mass is 32.1. The van der Waals surface area contributed by atoms with E-state index in [4.69, 9.17) is 5.11 Å². The summed E-state index contributed by atoms with van der Waals surface area (Å²) in [5.74, 6) is -1.08. The van der Waals surface area contributed by atoms with E-state index in [2.05, 4.69) is 28.5 Å². The van der Waals surface area contributed by atoms with Gasteiger partial charge in [0.2, 0.25) is 5.91 Å². The first kappa shape index (κ1) is 18.8. The number of nitrogens with zero attached hydrogens (tertiary/aromatic N) is 1. The van der Waals surface area contributed by atoms with Crippen molar-refractivity contribution >= 4 is 33.4 Å². The Balaban J connectivity index is 1.40. The summed E-state index contributed by atoms with van der Waals surface area (Å²) in [6.45, 7) is 0.349. The van der Waals surface area contributed by atoms with Gasteiger partial charge in [-0.25, -0.2) is 9.78 Å². The van der Waals surface area contributed by atoms with E-state index in [1.54, 1.807) is 12.1 Å². The summed E-state index contributed by atoms with van der Waals surface area (Å²) < 4.78 is 1.05. The van der Waals surface area contributed by atoms with Crippen molar-refractivity contribution in [1.82, 2.24) is 10.3 Å². The van der Waals surface area contributed by atoms with Crippen molar-refractivity contribution in [1.29, 1.82) is 0 Å². The SMILES string of the molecule is O=C(Cc1nc2cc(-c3ccccc3)ccc2s1)NCc1ccc(C(=O)O)cc1. The molecule has 144 valence electrons. The highest BCUT2D eigenvalue weighted by Crippen LogP contribution is 2.28. The minimum absolute atomic E-state index is 0.116. The fourth-order valence-corrected chi connectivity index (χ4v) is 3.97. The molecule has 1 amide bonds. The number of thiazole rings is 1. The first-order chi connectivity index (χ1) is 14.1. The van der Waals surface area contributed by atoms with Gasteiger partial charge in [0.25, 0.3) is 0 Å². The Morgan fingerprint density at radius 3 is 2.41 bits per heavy atom. The molecule has 0 spiro atoms. The van der Waals surface area contributed by atoms with Crippen molar-refractivity contribution in [2.75, 3.05) is 0 Å². The summed E-state index contributed by atoms with van der Waals surface area (Å²) in [6.07, 6.45) is 0.216. The Morgan fingerprint density at radius 2 is 1.69 bits per heavy atom. The molecule has 0 bridgehead atoms. The summed E-state index contributed by atoms with van der Waals surface area (Å²) in [5, 5.41) is 12.5. The van der Waals surface area contributed by atoms with Crippen LogP contribution in [0.5, 0.6) is 0 Å². The van der Waals surface area contributed by atoms with Crippen molar-refractivity contribution < 1.29 is 14.7 Å². The summed E-state index contributed by atoms with van der Waals surface area (Å²) in [6, 6.07) is 22.7. The molecular weight excluding hydrogens is 384 g/mol. The molecule has 0 saturated heterocycles. The molecule has 0 aliphatic carbocycles. The Bertz CT molecular complexity index is 1170. The first-order valence-corrected chi connectivity index (χ1v) is 9.94. The van der Waals surface area contributed by atoms with Gasteiger partial charge in [0.15, 0.2) is 0 Å². The topological polar surface area (TPSA) is 79.3 Å². The number of amides is 1. The normalized spacial score (nSPS) is 10.8. The van der Waals surface area contributed by atoms with Gasteiger partial charge >= 0.3 is 5.97 Å². The fraction of sp³-hybridized carbons (Fsp3) is 0.0870. The molecule has 0 aliphatic rings. The van der Waals surface area contributed by atoms with Crippen LogP contribution in [0.3, 0.4) is 0 Å². The van der Waals surface area contributed by atoms with E-state index in [-0.39, 0.29) is 17.9 Å². The van der Waals surface area contributed by atoms with Crippen LogP contribution in [-0.4, -0.2) is 22.0 Å². The van der Waals surface area contributed by atoms with E-state index in [1.807, 2.05) is 30.3 Å². The molecule has 2 N–H and O–H groups in total. The van der Waals surface area contributed by atoms with Crippen LogP contribution in [0, 0.1) is 0 Å². The van der Waals surface area contributed by atoms with E-state index in [0.717, 1.165) is 31.9 Å². The minimum atomic E-state index is -0.966. The predicted molar refractivity (Wildman–Crippen MR) is 114 cm³/mol. The van der Waals surface area contributed by atoms with E-state index in [9.17, 15) is 9.59 Å². The molecule has 4 aromatic rings. The molecule has 0 unspecified atom stereocenters. The molecule has 0 aliphatic heterocycles. The number of carboxylic acids is 1. The maximum atomic E-state index is 12.3. The van der Waals surface area contributed by atoms with Crippen molar-refractivity contribution in [2.24, 2.45) is 0 Å². The molecule has 0 radical (unpaired) electrons. The van der Waals surface area contributed by atoms with Crippen LogP contribution in [0.15, 0.2) is 72.8 Å². The van der Waals surface area contributed by atoms with Crippen LogP contribution in [0.2, 0.25) is 0 Å². The third-order valence-electron chi connectivity index (χ3n) is 4.54. The summed E-state index contributed by atoms with van der Waals surface area (Å²) in [4.78, 5) is 27.8. The van der Waals surface area contributed by atoms with Gasteiger partial charge in [0.1, 0.15) is 5.01 Å². The molecule has 4 rings (SSSR count). The highest BCUT2D eigenvalue weighted by Gasteiger charge is 2.10.